The quantitative estimate of drug-likeness (QED) is 0.931. The van der Waals surface area contributed by atoms with E-state index in [1.165, 1.54) is 23.8 Å². The molecule has 1 aromatic carbocycles. The molecule has 1 saturated carbocycles. The molecule has 0 aliphatic heterocycles. The van der Waals surface area contributed by atoms with E-state index in [9.17, 15) is 0 Å². The molecule has 1 fully saturated rings. The molecular formula is C17H23N3. The largest absolute Gasteiger partial charge is 0.328 e. The summed E-state index contributed by atoms with van der Waals surface area (Å²) in [7, 11) is 2.23. The molecule has 2 aromatic rings. The Bertz CT molecular complexity index is 573. The third-order valence-corrected chi connectivity index (χ3v) is 4.46. The minimum absolute atomic E-state index is 0.423. The molecule has 0 saturated heterocycles. The third-order valence-electron chi connectivity index (χ3n) is 4.46. The van der Waals surface area contributed by atoms with Gasteiger partial charge in [0.2, 0.25) is 0 Å². The Balaban J connectivity index is 1.69. The van der Waals surface area contributed by atoms with E-state index >= 15 is 0 Å². The summed E-state index contributed by atoms with van der Waals surface area (Å²) in [5.74, 6) is 0. The number of hydrogen-bond donors (Lipinski definition) is 1. The fraction of sp³-hybridized carbons (Fsp3) is 0.471. The van der Waals surface area contributed by atoms with Gasteiger partial charge in [0, 0.05) is 30.2 Å². The van der Waals surface area contributed by atoms with Gasteiger partial charge in [0.1, 0.15) is 0 Å². The Kier molecular flexibility index (Phi) is 3.99. The highest BCUT2D eigenvalue weighted by molar-refractivity contribution is 5.78. The number of benzene rings is 1. The Hall–Kier alpha value is -1.45. The number of aromatic nitrogens is 1. The van der Waals surface area contributed by atoms with Gasteiger partial charge < -0.3 is 5.73 Å². The zero-order chi connectivity index (χ0) is 13.9. The number of nitrogens with two attached hydrogens (primary N) is 1. The second-order valence-electron chi connectivity index (χ2n) is 6.01. The van der Waals surface area contributed by atoms with Crippen molar-refractivity contribution in [2.24, 2.45) is 5.73 Å². The summed E-state index contributed by atoms with van der Waals surface area (Å²) in [6.07, 6.45) is 6.63. The predicted molar refractivity (Wildman–Crippen MR) is 83.4 cm³/mol. The monoisotopic (exact) mass is 269 g/mol. The standard InChI is InChI=1S/C17H23N3/c1-20(16-7-5-15(18)6-8-16)12-13-4-9-17-14(11-13)3-2-10-19-17/h2-4,9-11,15-16H,5-8,12,18H2,1H3. The molecule has 3 rings (SSSR count). The van der Waals surface area contributed by atoms with Gasteiger partial charge in [-0.1, -0.05) is 12.1 Å². The van der Waals surface area contributed by atoms with Crippen molar-refractivity contribution in [2.45, 2.75) is 44.3 Å². The van der Waals surface area contributed by atoms with Crippen LogP contribution in [-0.2, 0) is 6.54 Å². The molecule has 0 unspecified atom stereocenters. The lowest BCUT2D eigenvalue weighted by Gasteiger charge is -2.33. The number of fused-ring (bicyclic) bond motifs is 1. The van der Waals surface area contributed by atoms with Crippen LogP contribution in [0, 0.1) is 0 Å². The molecule has 1 aromatic heterocycles. The topological polar surface area (TPSA) is 42.2 Å². The lowest BCUT2D eigenvalue weighted by atomic mass is 9.91. The maximum Gasteiger partial charge on any atom is 0.0702 e. The molecule has 0 spiro atoms. The molecule has 0 bridgehead atoms. The van der Waals surface area contributed by atoms with Gasteiger partial charge in [-0.3, -0.25) is 9.88 Å². The van der Waals surface area contributed by atoms with Crippen molar-refractivity contribution < 1.29 is 0 Å². The van der Waals surface area contributed by atoms with Crippen molar-refractivity contribution in [3.05, 3.63) is 42.1 Å². The fourth-order valence-corrected chi connectivity index (χ4v) is 3.18. The molecule has 0 radical (unpaired) electrons. The molecule has 1 aliphatic rings. The van der Waals surface area contributed by atoms with E-state index in [1.54, 1.807) is 0 Å². The van der Waals surface area contributed by atoms with Gasteiger partial charge in [-0.2, -0.15) is 0 Å². The summed E-state index contributed by atoms with van der Waals surface area (Å²) in [6, 6.07) is 11.8. The lowest BCUT2D eigenvalue weighted by molar-refractivity contribution is 0.176. The van der Waals surface area contributed by atoms with Crippen LogP contribution in [0.15, 0.2) is 36.5 Å². The summed E-state index contributed by atoms with van der Waals surface area (Å²) in [4.78, 5) is 6.85. The first kappa shape index (κ1) is 13.5. The maximum atomic E-state index is 5.99. The minimum Gasteiger partial charge on any atom is -0.328 e. The highest BCUT2D eigenvalue weighted by atomic mass is 15.1. The van der Waals surface area contributed by atoms with E-state index in [0.29, 0.717) is 12.1 Å². The zero-order valence-corrected chi connectivity index (χ0v) is 12.1. The Morgan fingerprint density at radius 1 is 1.20 bits per heavy atom. The molecule has 0 amide bonds. The molecular weight excluding hydrogens is 246 g/mol. The van der Waals surface area contributed by atoms with Gasteiger partial charge in [-0.25, -0.2) is 0 Å². The molecule has 2 N–H and O–H groups in total. The van der Waals surface area contributed by atoms with Crippen molar-refractivity contribution in [1.82, 2.24) is 9.88 Å². The molecule has 3 nitrogen and oxygen atoms in total. The van der Waals surface area contributed by atoms with Gasteiger partial charge >= 0.3 is 0 Å². The summed E-state index contributed by atoms with van der Waals surface area (Å²) in [5.41, 5.74) is 8.42. The Labute approximate surface area is 120 Å². The summed E-state index contributed by atoms with van der Waals surface area (Å²) in [6.45, 7) is 1.00. The fourth-order valence-electron chi connectivity index (χ4n) is 3.18. The number of hydrogen-bond acceptors (Lipinski definition) is 3. The highest BCUT2D eigenvalue weighted by Crippen LogP contribution is 2.23. The van der Waals surface area contributed by atoms with E-state index in [1.807, 2.05) is 12.3 Å². The average Bonchev–Trinajstić information content (AvgIpc) is 2.48. The SMILES string of the molecule is CN(Cc1ccc2ncccc2c1)C1CCC(N)CC1. The van der Waals surface area contributed by atoms with Crippen LogP contribution in [0.5, 0.6) is 0 Å². The second-order valence-corrected chi connectivity index (χ2v) is 6.01. The van der Waals surface area contributed by atoms with Crippen LogP contribution < -0.4 is 5.73 Å². The average molecular weight is 269 g/mol. The van der Waals surface area contributed by atoms with E-state index < -0.39 is 0 Å². The molecule has 0 atom stereocenters. The first-order valence-corrected chi connectivity index (χ1v) is 7.52. The van der Waals surface area contributed by atoms with E-state index in [-0.39, 0.29) is 0 Å². The van der Waals surface area contributed by atoms with Gasteiger partial charge in [0.25, 0.3) is 0 Å². The van der Waals surface area contributed by atoms with Crippen molar-refractivity contribution >= 4 is 10.9 Å². The van der Waals surface area contributed by atoms with Gasteiger partial charge in [-0.15, -0.1) is 0 Å². The van der Waals surface area contributed by atoms with Crippen LogP contribution >= 0.6 is 0 Å². The second kappa shape index (κ2) is 5.90. The van der Waals surface area contributed by atoms with Crippen LogP contribution in [-0.4, -0.2) is 29.0 Å². The smallest absolute Gasteiger partial charge is 0.0702 e. The van der Waals surface area contributed by atoms with E-state index in [4.69, 9.17) is 5.73 Å². The number of pyridine rings is 1. The predicted octanol–water partition coefficient (Wildman–Crippen LogP) is 2.94. The van der Waals surface area contributed by atoms with Crippen LogP contribution in [0.3, 0.4) is 0 Å². The third kappa shape index (κ3) is 3.00. The van der Waals surface area contributed by atoms with E-state index in [2.05, 4.69) is 41.2 Å². The first-order chi connectivity index (χ1) is 9.72. The van der Waals surface area contributed by atoms with Gasteiger partial charge in [-0.05, 0) is 56.5 Å². The van der Waals surface area contributed by atoms with Gasteiger partial charge in [0.05, 0.1) is 5.52 Å². The highest BCUT2D eigenvalue weighted by Gasteiger charge is 2.21. The molecule has 106 valence electrons. The van der Waals surface area contributed by atoms with Crippen molar-refractivity contribution in [3.8, 4) is 0 Å². The molecule has 1 heterocycles. The van der Waals surface area contributed by atoms with Crippen molar-refractivity contribution in [1.29, 1.82) is 0 Å². The number of nitrogens with zero attached hydrogens (tertiary/aromatic N) is 2. The normalized spacial score (nSPS) is 23.4. The summed E-state index contributed by atoms with van der Waals surface area (Å²) >= 11 is 0. The lowest BCUT2D eigenvalue weighted by Crippen LogP contribution is -2.38. The zero-order valence-electron chi connectivity index (χ0n) is 12.1. The molecule has 1 aliphatic carbocycles. The van der Waals surface area contributed by atoms with Crippen LogP contribution in [0.2, 0.25) is 0 Å². The Morgan fingerprint density at radius 3 is 2.80 bits per heavy atom. The van der Waals surface area contributed by atoms with Crippen LogP contribution in [0.25, 0.3) is 10.9 Å². The summed E-state index contributed by atoms with van der Waals surface area (Å²) in [5, 5.41) is 1.23. The minimum atomic E-state index is 0.423. The van der Waals surface area contributed by atoms with Crippen LogP contribution in [0.1, 0.15) is 31.2 Å². The van der Waals surface area contributed by atoms with Crippen molar-refractivity contribution in [2.75, 3.05) is 7.05 Å². The van der Waals surface area contributed by atoms with E-state index in [0.717, 1.165) is 24.9 Å². The summed E-state index contributed by atoms with van der Waals surface area (Å²) < 4.78 is 0. The molecule has 20 heavy (non-hydrogen) atoms. The molecule has 3 heteroatoms. The maximum absolute atomic E-state index is 5.99. The van der Waals surface area contributed by atoms with Gasteiger partial charge in [0.15, 0.2) is 0 Å². The van der Waals surface area contributed by atoms with Crippen LogP contribution in [0.4, 0.5) is 0 Å². The Morgan fingerprint density at radius 2 is 2.00 bits per heavy atom. The first-order valence-electron chi connectivity index (χ1n) is 7.52. The van der Waals surface area contributed by atoms with Crippen molar-refractivity contribution in [3.63, 3.8) is 0 Å². The number of rotatable bonds is 3.